The van der Waals surface area contributed by atoms with E-state index in [1.165, 1.54) is 0 Å². The van der Waals surface area contributed by atoms with Gasteiger partial charge < -0.3 is 5.11 Å². The molecule has 0 amide bonds. The van der Waals surface area contributed by atoms with Crippen LogP contribution in [0.2, 0.25) is 0 Å². The van der Waals surface area contributed by atoms with E-state index >= 15 is 0 Å². The lowest BCUT2D eigenvalue weighted by atomic mass is 9.81. The Hall–Kier alpha value is -1.93. The van der Waals surface area contributed by atoms with Gasteiger partial charge in [0.05, 0.1) is 5.60 Å². The van der Waals surface area contributed by atoms with Crippen LogP contribution in [-0.2, 0) is 5.60 Å². The minimum atomic E-state index is -0.676. The summed E-state index contributed by atoms with van der Waals surface area (Å²) in [4.78, 5) is 12.1. The molecule has 0 spiro atoms. The Morgan fingerprint density at radius 1 is 1.00 bits per heavy atom. The van der Waals surface area contributed by atoms with Crippen LogP contribution in [0.25, 0.3) is 0 Å². The maximum absolute atomic E-state index is 12.1. The second-order valence-corrected chi connectivity index (χ2v) is 6.91. The van der Waals surface area contributed by atoms with Crippen molar-refractivity contribution in [2.75, 3.05) is 0 Å². The highest BCUT2D eigenvalue weighted by molar-refractivity contribution is 5.95. The molecule has 1 aliphatic carbocycles. The standard InChI is InChI=1S/C22H26O2/c23-21(18-10-3-1-4-11-18)16-8-7-14-20-15-9-17-22(20,24)19-12-5-2-6-13-19/h1-6,10-13,20,24H,7-9,14-17H2. The molecular formula is C22H26O2. The molecule has 126 valence electrons. The summed E-state index contributed by atoms with van der Waals surface area (Å²) in [6.45, 7) is 0. The van der Waals surface area contributed by atoms with Crippen LogP contribution in [0.1, 0.15) is 60.9 Å². The quantitative estimate of drug-likeness (QED) is 0.567. The summed E-state index contributed by atoms with van der Waals surface area (Å²) < 4.78 is 0. The third-order valence-corrected chi connectivity index (χ3v) is 5.36. The van der Waals surface area contributed by atoms with Crippen LogP contribution in [0.4, 0.5) is 0 Å². The second kappa shape index (κ2) is 7.76. The second-order valence-electron chi connectivity index (χ2n) is 6.91. The number of hydrogen-bond acceptors (Lipinski definition) is 2. The Morgan fingerprint density at radius 2 is 1.67 bits per heavy atom. The smallest absolute Gasteiger partial charge is 0.162 e. The molecule has 2 nitrogen and oxygen atoms in total. The topological polar surface area (TPSA) is 37.3 Å². The van der Waals surface area contributed by atoms with Crippen molar-refractivity contribution < 1.29 is 9.90 Å². The van der Waals surface area contributed by atoms with Crippen LogP contribution in [0.15, 0.2) is 60.7 Å². The number of aliphatic hydroxyl groups is 1. The molecule has 1 aliphatic rings. The first-order valence-corrected chi connectivity index (χ1v) is 9.06. The van der Waals surface area contributed by atoms with Crippen LogP contribution in [0.3, 0.4) is 0 Å². The number of Topliss-reactive ketones (excluding diaryl/α,β-unsaturated/α-hetero) is 1. The van der Waals surface area contributed by atoms with Crippen LogP contribution in [0, 0.1) is 5.92 Å². The molecule has 2 aromatic rings. The van der Waals surface area contributed by atoms with Gasteiger partial charge in [0.2, 0.25) is 0 Å². The SMILES string of the molecule is O=C(CCCCC1CCCC1(O)c1ccccc1)c1ccccc1. The molecule has 1 fully saturated rings. The first-order valence-electron chi connectivity index (χ1n) is 9.06. The lowest BCUT2D eigenvalue weighted by Gasteiger charge is -2.31. The fourth-order valence-electron chi connectivity index (χ4n) is 4.00. The Labute approximate surface area is 144 Å². The van der Waals surface area contributed by atoms with Gasteiger partial charge in [0, 0.05) is 12.0 Å². The number of unbranched alkanes of at least 4 members (excludes halogenated alkanes) is 1. The number of carbonyl (C=O) groups is 1. The van der Waals surface area contributed by atoms with Crippen LogP contribution < -0.4 is 0 Å². The van der Waals surface area contributed by atoms with Crippen molar-refractivity contribution in [2.24, 2.45) is 5.92 Å². The van der Waals surface area contributed by atoms with Crippen LogP contribution in [0.5, 0.6) is 0 Å². The molecule has 2 heteroatoms. The lowest BCUT2D eigenvalue weighted by Crippen LogP contribution is -2.30. The van der Waals surface area contributed by atoms with Gasteiger partial charge in [-0.2, -0.15) is 0 Å². The third kappa shape index (κ3) is 3.76. The van der Waals surface area contributed by atoms with E-state index in [1.54, 1.807) is 0 Å². The van der Waals surface area contributed by atoms with E-state index in [1.807, 2.05) is 60.7 Å². The Bertz CT molecular complexity index is 650. The molecule has 0 aliphatic heterocycles. The number of ketones is 1. The molecule has 2 atom stereocenters. The van der Waals surface area contributed by atoms with E-state index in [2.05, 4.69) is 0 Å². The number of benzene rings is 2. The summed E-state index contributed by atoms with van der Waals surface area (Å²) in [5.41, 5.74) is 1.18. The molecule has 24 heavy (non-hydrogen) atoms. The molecule has 0 aromatic heterocycles. The van der Waals surface area contributed by atoms with Gasteiger partial charge in [0.15, 0.2) is 5.78 Å². The van der Waals surface area contributed by atoms with Crippen molar-refractivity contribution >= 4 is 5.78 Å². The average molecular weight is 322 g/mol. The van der Waals surface area contributed by atoms with Gasteiger partial charge in [0.1, 0.15) is 0 Å². The minimum Gasteiger partial charge on any atom is -0.385 e. The highest BCUT2D eigenvalue weighted by atomic mass is 16.3. The van der Waals surface area contributed by atoms with Crippen molar-refractivity contribution in [1.29, 1.82) is 0 Å². The van der Waals surface area contributed by atoms with Crippen molar-refractivity contribution in [3.05, 3.63) is 71.8 Å². The van der Waals surface area contributed by atoms with Gasteiger partial charge in [0.25, 0.3) is 0 Å². The van der Waals surface area contributed by atoms with E-state index in [0.29, 0.717) is 12.3 Å². The molecule has 0 saturated heterocycles. The summed E-state index contributed by atoms with van der Waals surface area (Å²) in [6.07, 6.45) is 6.50. The van der Waals surface area contributed by atoms with E-state index in [0.717, 1.165) is 49.7 Å². The number of rotatable bonds is 7. The van der Waals surface area contributed by atoms with Crippen molar-refractivity contribution in [1.82, 2.24) is 0 Å². The van der Waals surface area contributed by atoms with E-state index < -0.39 is 5.60 Å². The maximum Gasteiger partial charge on any atom is 0.162 e. The molecule has 1 N–H and O–H groups in total. The third-order valence-electron chi connectivity index (χ3n) is 5.36. The van der Waals surface area contributed by atoms with E-state index in [4.69, 9.17) is 0 Å². The summed E-state index contributed by atoms with van der Waals surface area (Å²) in [5.74, 6) is 0.534. The molecule has 3 rings (SSSR count). The Morgan fingerprint density at radius 3 is 2.38 bits per heavy atom. The van der Waals surface area contributed by atoms with Crippen molar-refractivity contribution in [3.63, 3.8) is 0 Å². The molecule has 2 aromatic carbocycles. The predicted molar refractivity (Wildman–Crippen MR) is 96.9 cm³/mol. The predicted octanol–water partition coefficient (Wildman–Crippen LogP) is 5.12. The van der Waals surface area contributed by atoms with Gasteiger partial charge in [-0.25, -0.2) is 0 Å². The fraction of sp³-hybridized carbons (Fsp3) is 0.409. The largest absolute Gasteiger partial charge is 0.385 e. The summed E-state index contributed by atoms with van der Waals surface area (Å²) in [5, 5.41) is 11.1. The van der Waals surface area contributed by atoms with Crippen molar-refractivity contribution in [3.8, 4) is 0 Å². The van der Waals surface area contributed by atoms with E-state index in [-0.39, 0.29) is 5.78 Å². The van der Waals surface area contributed by atoms with Crippen LogP contribution >= 0.6 is 0 Å². The van der Waals surface area contributed by atoms with Gasteiger partial charge in [-0.05, 0) is 43.6 Å². The van der Waals surface area contributed by atoms with Gasteiger partial charge >= 0.3 is 0 Å². The zero-order valence-electron chi connectivity index (χ0n) is 14.2. The monoisotopic (exact) mass is 322 g/mol. The van der Waals surface area contributed by atoms with Crippen molar-refractivity contribution in [2.45, 2.75) is 50.5 Å². The first-order chi connectivity index (χ1) is 11.7. The number of hydrogen-bond donors (Lipinski definition) is 1. The zero-order chi connectivity index (χ0) is 16.8. The summed E-state index contributed by atoms with van der Waals surface area (Å²) in [6, 6.07) is 19.6. The Balaban J connectivity index is 1.50. The maximum atomic E-state index is 12.1. The van der Waals surface area contributed by atoms with Gasteiger partial charge in [-0.1, -0.05) is 67.1 Å². The van der Waals surface area contributed by atoms with Gasteiger partial charge in [-0.15, -0.1) is 0 Å². The average Bonchev–Trinajstić information content (AvgIpc) is 3.02. The zero-order valence-corrected chi connectivity index (χ0v) is 14.2. The summed E-state index contributed by atoms with van der Waals surface area (Å²) in [7, 11) is 0. The Kier molecular flexibility index (Phi) is 5.47. The number of carbonyl (C=O) groups excluding carboxylic acids is 1. The molecule has 0 radical (unpaired) electrons. The molecule has 0 heterocycles. The summed E-state index contributed by atoms with van der Waals surface area (Å²) >= 11 is 0. The van der Waals surface area contributed by atoms with E-state index in [9.17, 15) is 9.90 Å². The molecule has 2 unspecified atom stereocenters. The molecule has 0 bridgehead atoms. The van der Waals surface area contributed by atoms with Gasteiger partial charge in [-0.3, -0.25) is 4.79 Å². The van der Waals surface area contributed by atoms with Crippen LogP contribution in [-0.4, -0.2) is 10.9 Å². The molecular weight excluding hydrogens is 296 g/mol. The lowest BCUT2D eigenvalue weighted by molar-refractivity contribution is -0.00650. The first kappa shape index (κ1) is 16.9. The fourth-order valence-corrected chi connectivity index (χ4v) is 4.00. The highest BCUT2D eigenvalue weighted by Gasteiger charge is 2.41. The highest BCUT2D eigenvalue weighted by Crippen LogP contribution is 2.45. The molecule has 1 saturated carbocycles. The minimum absolute atomic E-state index is 0.223. The normalized spacial score (nSPS) is 23.3.